The molecular weight excluding hydrogens is 400 g/mol. The maximum Gasteiger partial charge on any atom is 0.239 e. The Bertz CT molecular complexity index is 836. The minimum atomic E-state index is -0.101. The minimum absolute atomic E-state index is 0.101. The molecule has 5 nitrogen and oxygen atoms in total. The molecule has 0 aliphatic heterocycles. The lowest BCUT2D eigenvalue weighted by Crippen LogP contribution is -2.30. The Morgan fingerprint density at radius 2 is 2.04 bits per heavy atom. The van der Waals surface area contributed by atoms with Crippen molar-refractivity contribution in [1.29, 1.82) is 0 Å². The molecule has 0 atom stereocenters. The first-order valence-electron chi connectivity index (χ1n) is 7.70. The molecule has 1 N–H and O–H groups in total. The Morgan fingerprint density at radius 3 is 2.76 bits per heavy atom. The Morgan fingerprint density at radius 1 is 1.24 bits per heavy atom. The van der Waals surface area contributed by atoms with E-state index in [1.165, 1.54) is 0 Å². The third-order valence-corrected chi connectivity index (χ3v) is 4.82. The van der Waals surface area contributed by atoms with E-state index in [4.69, 9.17) is 0 Å². The fourth-order valence-corrected chi connectivity index (χ4v) is 3.35. The van der Waals surface area contributed by atoms with Gasteiger partial charge in [-0.3, -0.25) is 9.69 Å². The molecule has 0 saturated carbocycles. The molecule has 0 spiro atoms. The Balaban J connectivity index is 1.54. The lowest BCUT2D eigenvalue weighted by molar-refractivity contribution is -0.117. The molecular formula is C18H17BrN4OS. The predicted octanol–water partition coefficient (Wildman–Crippen LogP) is 4.04. The number of aromatic nitrogens is 2. The number of benzene rings is 1. The van der Waals surface area contributed by atoms with Crippen molar-refractivity contribution in [2.75, 3.05) is 18.9 Å². The molecule has 3 rings (SSSR count). The Kier molecular flexibility index (Phi) is 5.91. The van der Waals surface area contributed by atoms with E-state index in [0.717, 1.165) is 20.7 Å². The summed E-state index contributed by atoms with van der Waals surface area (Å²) in [5.74, 6) is 0.442. The van der Waals surface area contributed by atoms with Crippen LogP contribution in [0.4, 0.5) is 5.82 Å². The largest absolute Gasteiger partial charge is 0.310 e. The van der Waals surface area contributed by atoms with Crippen LogP contribution in [0.25, 0.3) is 10.6 Å². The van der Waals surface area contributed by atoms with Gasteiger partial charge in [-0.2, -0.15) is 0 Å². The van der Waals surface area contributed by atoms with Crippen LogP contribution >= 0.6 is 27.3 Å². The van der Waals surface area contributed by atoms with E-state index in [1.807, 2.05) is 53.7 Å². The van der Waals surface area contributed by atoms with Gasteiger partial charge in [0.2, 0.25) is 5.91 Å². The summed E-state index contributed by atoms with van der Waals surface area (Å²) in [4.78, 5) is 22.8. The monoisotopic (exact) mass is 416 g/mol. The summed E-state index contributed by atoms with van der Waals surface area (Å²) in [7, 11) is 1.90. The number of hydrogen-bond donors (Lipinski definition) is 1. The van der Waals surface area contributed by atoms with E-state index in [1.54, 1.807) is 23.6 Å². The topological polar surface area (TPSA) is 58.1 Å². The van der Waals surface area contributed by atoms with Crippen LogP contribution in [0.2, 0.25) is 0 Å². The lowest BCUT2D eigenvalue weighted by atomic mass is 10.2. The normalized spacial score (nSPS) is 10.8. The van der Waals surface area contributed by atoms with Crippen molar-refractivity contribution in [1.82, 2.24) is 14.9 Å². The SMILES string of the molecule is CN(CC(=O)Nc1ccc(Br)cn1)Cc1csc(-c2ccccc2)n1. The van der Waals surface area contributed by atoms with Crippen LogP contribution in [0.15, 0.2) is 58.5 Å². The molecule has 7 heteroatoms. The van der Waals surface area contributed by atoms with Crippen LogP contribution < -0.4 is 5.32 Å². The number of thiazole rings is 1. The van der Waals surface area contributed by atoms with Gasteiger partial charge in [0.05, 0.1) is 12.2 Å². The van der Waals surface area contributed by atoms with Crippen molar-refractivity contribution in [3.05, 3.63) is 64.2 Å². The number of nitrogens with zero attached hydrogens (tertiary/aromatic N) is 3. The van der Waals surface area contributed by atoms with Gasteiger partial charge < -0.3 is 5.32 Å². The first-order chi connectivity index (χ1) is 12.1. The molecule has 3 aromatic rings. The number of halogens is 1. The van der Waals surface area contributed by atoms with Gasteiger partial charge in [-0.15, -0.1) is 11.3 Å². The molecule has 0 fully saturated rings. The van der Waals surface area contributed by atoms with Gasteiger partial charge in [0.15, 0.2) is 0 Å². The van der Waals surface area contributed by atoms with E-state index < -0.39 is 0 Å². The molecule has 0 saturated heterocycles. The fraction of sp³-hybridized carbons (Fsp3) is 0.167. The van der Waals surface area contributed by atoms with Crippen molar-refractivity contribution in [2.24, 2.45) is 0 Å². The van der Waals surface area contributed by atoms with Crippen LogP contribution in [0, 0.1) is 0 Å². The van der Waals surface area contributed by atoms with Crippen molar-refractivity contribution < 1.29 is 4.79 Å². The highest BCUT2D eigenvalue weighted by Crippen LogP contribution is 2.23. The molecule has 0 unspecified atom stereocenters. The Labute approximate surface area is 158 Å². The summed E-state index contributed by atoms with van der Waals surface area (Å²) >= 11 is 4.93. The van der Waals surface area contributed by atoms with Crippen LogP contribution in [0.5, 0.6) is 0 Å². The zero-order valence-corrected chi connectivity index (χ0v) is 16.0. The number of anilines is 1. The second-order valence-corrected chi connectivity index (χ2v) is 7.37. The van der Waals surface area contributed by atoms with Gasteiger partial charge in [0, 0.05) is 28.2 Å². The van der Waals surface area contributed by atoms with E-state index >= 15 is 0 Å². The number of likely N-dealkylation sites (N-methyl/N-ethyl adjacent to an activating group) is 1. The standard InChI is InChI=1S/C18H17BrN4OS/c1-23(11-17(24)22-16-8-7-14(19)9-20-16)10-15-12-25-18(21-15)13-5-3-2-4-6-13/h2-9,12H,10-11H2,1H3,(H,20,22,24). The number of hydrogen-bond acceptors (Lipinski definition) is 5. The van der Waals surface area contributed by atoms with Crippen LogP contribution in [0.1, 0.15) is 5.69 Å². The summed E-state index contributed by atoms with van der Waals surface area (Å²) in [6.45, 7) is 0.889. The van der Waals surface area contributed by atoms with Gasteiger partial charge >= 0.3 is 0 Å². The van der Waals surface area contributed by atoms with E-state index in [2.05, 4.69) is 31.2 Å². The summed E-state index contributed by atoms with van der Waals surface area (Å²) in [5, 5.41) is 5.81. The molecule has 2 heterocycles. The summed E-state index contributed by atoms with van der Waals surface area (Å²) < 4.78 is 0.875. The van der Waals surface area contributed by atoms with E-state index in [-0.39, 0.29) is 12.5 Å². The van der Waals surface area contributed by atoms with Gasteiger partial charge in [-0.05, 0) is 35.1 Å². The highest BCUT2D eigenvalue weighted by atomic mass is 79.9. The lowest BCUT2D eigenvalue weighted by Gasteiger charge is -2.14. The maximum atomic E-state index is 12.1. The fourth-order valence-electron chi connectivity index (χ4n) is 2.30. The molecule has 128 valence electrons. The summed E-state index contributed by atoms with van der Waals surface area (Å²) in [6.07, 6.45) is 1.65. The molecule has 0 bridgehead atoms. The highest BCUT2D eigenvalue weighted by Gasteiger charge is 2.11. The van der Waals surface area contributed by atoms with E-state index in [0.29, 0.717) is 12.4 Å². The zero-order valence-electron chi connectivity index (χ0n) is 13.6. The van der Waals surface area contributed by atoms with Gasteiger partial charge in [-0.25, -0.2) is 9.97 Å². The molecule has 0 aliphatic carbocycles. The molecule has 1 aromatic carbocycles. The number of rotatable bonds is 6. The Hall–Kier alpha value is -2.09. The van der Waals surface area contributed by atoms with Gasteiger partial charge in [0.25, 0.3) is 0 Å². The van der Waals surface area contributed by atoms with Crippen molar-refractivity contribution >= 4 is 39.0 Å². The smallest absolute Gasteiger partial charge is 0.239 e. The number of amides is 1. The zero-order chi connectivity index (χ0) is 17.6. The third-order valence-electron chi connectivity index (χ3n) is 3.41. The molecule has 0 radical (unpaired) electrons. The second kappa shape index (κ2) is 8.33. The van der Waals surface area contributed by atoms with E-state index in [9.17, 15) is 4.79 Å². The predicted molar refractivity (Wildman–Crippen MR) is 104 cm³/mol. The van der Waals surface area contributed by atoms with Crippen molar-refractivity contribution in [3.8, 4) is 10.6 Å². The highest BCUT2D eigenvalue weighted by molar-refractivity contribution is 9.10. The summed E-state index contributed by atoms with van der Waals surface area (Å²) in [6, 6.07) is 13.7. The molecule has 2 aromatic heterocycles. The van der Waals surface area contributed by atoms with Gasteiger partial charge in [0.1, 0.15) is 10.8 Å². The number of nitrogens with one attached hydrogen (secondary N) is 1. The van der Waals surface area contributed by atoms with Crippen LogP contribution in [-0.2, 0) is 11.3 Å². The summed E-state index contributed by atoms with van der Waals surface area (Å²) in [5.41, 5.74) is 2.07. The number of carbonyl (C=O) groups is 1. The van der Waals surface area contributed by atoms with Crippen molar-refractivity contribution in [2.45, 2.75) is 6.54 Å². The first-order valence-corrected chi connectivity index (χ1v) is 9.37. The second-order valence-electron chi connectivity index (χ2n) is 5.59. The third kappa shape index (κ3) is 5.19. The van der Waals surface area contributed by atoms with Gasteiger partial charge in [-0.1, -0.05) is 30.3 Å². The number of pyridine rings is 1. The number of carbonyl (C=O) groups excluding carboxylic acids is 1. The minimum Gasteiger partial charge on any atom is -0.310 e. The van der Waals surface area contributed by atoms with Crippen molar-refractivity contribution in [3.63, 3.8) is 0 Å². The van der Waals surface area contributed by atoms with Crippen LogP contribution in [0.3, 0.4) is 0 Å². The average Bonchev–Trinajstić information content (AvgIpc) is 3.06. The molecule has 25 heavy (non-hydrogen) atoms. The van der Waals surface area contributed by atoms with Crippen LogP contribution in [-0.4, -0.2) is 34.4 Å². The quantitative estimate of drug-likeness (QED) is 0.658. The maximum absolute atomic E-state index is 12.1. The first kappa shape index (κ1) is 17.7. The molecule has 0 aliphatic rings. The average molecular weight is 417 g/mol. The molecule has 1 amide bonds.